The van der Waals surface area contributed by atoms with Gasteiger partial charge < -0.3 is 0 Å². The van der Waals surface area contributed by atoms with E-state index in [1.54, 1.807) is 22.7 Å². The Kier molecular flexibility index (Phi) is 4.70. The predicted molar refractivity (Wildman–Crippen MR) is 91.3 cm³/mol. The van der Waals surface area contributed by atoms with Crippen molar-refractivity contribution in [1.29, 1.82) is 0 Å². The lowest BCUT2D eigenvalue weighted by Crippen LogP contribution is -2.21. The molecule has 3 aromatic rings. The fraction of sp³-hybridized carbons (Fsp3) is 0.188. The maximum Gasteiger partial charge on any atom is 0.0931 e. The highest BCUT2D eigenvalue weighted by atomic mass is 35.5. The minimum Gasteiger partial charge on any atom is -0.299 e. The number of nitrogens with zero attached hydrogens (tertiary/aromatic N) is 1. The van der Waals surface area contributed by atoms with Gasteiger partial charge in [-0.25, -0.2) is 0 Å². The van der Waals surface area contributed by atoms with Crippen LogP contribution in [0.2, 0.25) is 4.34 Å². The van der Waals surface area contributed by atoms with Gasteiger partial charge in [0.15, 0.2) is 0 Å². The molecule has 0 saturated carbocycles. The van der Waals surface area contributed by atoms with Crippen molar-refractivity contribution in [2.45, 2.75) is 19.5 Å². The Hall–Kier alpha value is -1.20. The first-order chi connectivity index (χ1) is 10.2. The van der Waals surface area contributed by atoms with Crippen LogP contribution in [0.15, 0.2) is 48.0 Å². The molecule has 0 bridgehead atoms. The van der Waals surface area contributed by atoms with E-state index >= 15 is 0 Å². The SMILES string of the molecule is Cc1cccnc1CNC(c1cccs1)c1ccc(Cl)s1. The molecule has 0 saturated heterocycles. The molecule has 21 heavy (non-hydrogen) atoms. The fourth-order valence-corrected chi connectivity index (χ4v) is 4.23. The standard InChI is InChI=1S/C16H15ClN2S2/c1-11-4-2-8-18-12(11)10-19-16(13-5-3-9-20-13)14-6-7-15(17)21-14/h2-9,16,19H,10H2,1H3. The highest BCUT2D eigenvalue weighted by molar-refractivity contribution is 7.16. The Balaban J connectivity index is 1.82. The zero-order valence-corrected chi connectivity index (χ0v) is 13.9. The van der Waals surface area contributed by atoms with E-state index in [1.165, 1.54) is 15.3 Å². The molecule has 5 heteroatoms. The lowest BCUT2D eigenvalue weighted by molar-refractivity contribution is 0.610. The molecule has 1 atom stereocenters. The molecule has 3 aromatic heterocycles. The number of halogens is 1. The van der Waals surface area contributed by atoms with Gasteiger partial charge in [-0.3, -0.25) is 10.3 Å². The number of rotatable bonds is 5. The minimum absolute atomic E-state index is 0.170. The maximum atomic E-state index is 6.09. The third-order valence-corrected chi connectivity index (χ3v) is 5.53. The number of hydrogen-bond acceptors (Lipinski definition) is 4. The van der Waals surface area contributed by atoms with Gasteiger partial charge in [-0.05, 0) is 42.1 Å². The van der Waals surface area contributed by atoms with Crippen molar-refractivity contribution < 1.29 is 0 Å². The van der Waals surface area contributed by atoms with Crippen LogP contribution in [0.25, 0.3) is 0 Å². The van der Waals surface area contributed by atoms with Crippen LogP contribution >= 0.6 is 34.3 Å². The van der Waals surface area contributed by atoms with Crippen LogP contribution in [-0.4, -0.2) is 4.98 Å². The van der Waals surface area contributed by atoms with Crippen LogP contribution in [0.5, 0.6) is 0 Å². The van der Waals surface area contributed by atoms with E-state index in [0.717, 1.165) is 16.6 Å². The Morgan fingerprint density at radius 2 is 2.10 bits per heavy atom. The molecule has 2 nitrogen and oxygen atoms in total. The predicted octanol–water partition coefficient (Wildman–Crippen LogP) is 5.05. The number of hydrogen-bond donors (Lipinski definition) is 1. The summed E-state index contributed by atoms with van der Waals surface area (Å²) in [6, 6.07) is 12.5. The second kappa shape index (κ2) is 6.71. The van der Waals surface area contributed by atoms with Crippen molar-refractivity contribution in [3.05, 3.63) is 73.3 Å². The van der Waals surface area contributed by atoms with Gasteiger partial charge in [0.25, 0.3) is 0 Å². The normalized spacial score (nSPS) is 12.5. The highest BCUT2D eigenvalue weighted by Crippen LogP contribution is 2.33. The van der Waals surface area contributed by atoms with Crippen LogP contribution in [0, 0.1) is 6.92 Å². The van der Waals surface area contributed by atoms with Crippen molar-refractivity contribution in [1.82, 2.24) is 10.3 Å². The average molecular weight is 335 g/mol. The number of thiophene rings is 2. The monoisotopic (exact) mass is 334 g/mol. The molecule has 0 aliphatic heterocycles. The van der Waals surface area contributed by atoms with E-state index in [0.29, 0.717) is 0 Å². The fourth-order valence-electron chi connectivity index (χ4n) is 2.18. The summed E-state index contributed by atoms with van der Waals surface area (Å²) >= 11 is 9.47. The number of aryl methyl sites for hydroxylation is 1. The topological polar surface area (TPSA) is 24.9 Å². The molecular formula is C16H15ClN2S2. The van der Waals surface area contributed by atoms with Crippen molar-refractivity contribution >= 4 is 34.3 Å². The molecule has 108 valence electrons. The van der Waals surface area contributed by atoms with Gasteiger partial charge in [0.1, 0.15) is 0 Å². The maximum absolute atomic E-state index is 6.09. The number of aromatic nitrogens is 1. The van der Waals surface area contributed by atoms with Gasteiger partial charge in [-0.15, -0.1) is 22.7 Å². The molecule has 0 radical (unpaired) electrons. The zero-order valence-electron chi connectivity index (χ0n) is 11.5. The van der Waals surface area contributed by atoms with Gasteiger partial charge in [0.2, 0.25) is 0 Å². The number of pyridine rings is 1. The summed E-state index contributed by atoms with van der Waals surface area (Å²) in [4.78, 5) is 6.97. The molecule has 0 spiro atoms. The Labute approximate surface area is 137 Å². The molecule has 0 aliphatic rings. The molecule has 1 N–H and O–H groups in total. The Morgan fingerprint density at radius 3 is 2.76 bits per heavy atom. The van der Waals surface area contributed by atoms with Crippen LogP contribution in [0.1, 0.15) is 27.1 Å². The molecule has 1 unspecified atom stereocenters. The van der Waals surface area contributed by atoms with E-state index in [4.69, 9.17) is 11.6 Å². The summed E-state index contributed by atoms with van der Waals surface area (Å²) in [6.07, 6.45) is 1.84. The van der Waals surface area contributed by atoms with Crippen molar-refractivity contribution in [2.75, 3.05) is 0 Å². The molecule has 3 rings (SSSR count). The summed E-state index contributed by atoms with van der Waals surface area (Å²) in [5, 5.41) is 5.71. The van der Waals surface area contributed by atoms with Crippen LogP contribution < -0.4 is 5.32 Å². The van der Waals surface area contributed by atoms with Crippen LogP contribution in [-0.2, 0) is 6.54 Å². The minimum atomic E-state index is 0.170. The Bertz CT molecular complexity index is 707. The van der Waals surface area contributed by atoms with Crippen molar-refractivity contribution in [2.24, 2.45) is 0 Å². The molecule has 3 heterocycles. The third kappa shape index (κ3) is 3.52. The summed E-state index contributed by atoms with van der Waals surface area (Å²) in [5.41, 5.74) is 2.29. The molecule has 0 aliphatic carbocycles. The quantitative estimate of drug-likeness (QED) is 0.706. The van der Waals surface area contributed by atoms with E-state index in [2.05, 4.69) is 46.9 Å². The first-order valence-corrected chi connectivity index (χ1v) is 8.74. The zero-order chi connectivity index (χ0) is 14.7. The molecule has 0 fully saturated rings. The highest BCUT2D eigenvalue weighted by Gasteiger charge is 2.17. The first-order valence-electron chi connectivity index (χ1n) is 6.66. The first kappa shape index (κ1) is 14.7. The van der Waals surface area contributed by atoms with Gasteiger partial charge in [-0.2, -0.15) is 0 Å². The molecule has 0 amide bonds. The summed E-state index contributed by atoms with van der Waals surface area (Å²) < 4.78 is 0.822. The van der Waals surface area contributed by atoms with Crippen molar-refractivity contribution in [3.63, 3.8) is 0 Å². The van der Waals surface area contributed by atoms with Crippen LogP contribution in [0.4, 0.5) is 0 Å². The summed E-state index contributed by atoms with van der Waals surface area (Å²) in [6.45, 7) is 2.83. The summed E-state index contributed by atoms with van der Waals surface area (Å²) in [7, 11) is 0. The molecular weight excluding hydrogens is 320 g/mol. The van der Waals surface area contributed by atoms with Gasteiger partial charge in [-0.1, -0.05) is 23.7 Å². The average Bonchev–Trinajstić information content (AvgIpc) is 3.13. The second-order valence-electron chi connectivity index (χ2n) is 4.74. The Morgan fingerprint density at radius 1 is 1.19 bits per heavy atom. The van der Waals surface area contributed by atoms with Gasteiger partial charge >= 0.3 is 0 Å². The lowest BCUT2D eigenvalue weighted by Gasteiger charge is -2.16. The van der Waals surface area contributed by atoms with E-state index < -0.39 is 0 Å². The molecule has 0 aromatic carbocycles. The van der Waals surface area contributed by atoms with E-state index in [9.17, 15) is 0 Å². The van der Waals surface area contributed by atoms with Crippen molar-refractivity contribution in [3.8, 4) is 0 Å². The van der Waals surface area contributed by atoms with Gasteiger partial charge in [0.05, 0.1) is 16.1 Å². The van der Waals surface area contributed by atoms with E-state index in [-0.39, 0.29) is 6.04 Å². The number of nitrogens with one attached hydrogen (secondary N) is 1. The third-order valence-electron chi connectivity index (χ3n) is 3.30. The smallest absolute Gasteiger partial charge is 0.0931 e. The van der Waals surface area contributed by atoms with Crippen LogP contribution in [0.3, 0.4) is 0 Å². The van der Waals surface area contributed by atoms with E-state index in [1.807, 2.05) is 18.3 Å². The van der Waals surface area contributed by atoms with Gasteiger partial charge in [0, 0.05) is 22.5 Å². The largest absolute Gasteiger partial charge is 0.299 e. The second-order valence-corrected chi connectivity index (χ2v) is 7.46. The summed E-state index contributed by atoms with van der Waals surface area (Å²) in [5.74, 6) is 0. The lowest BCUT2D eigenvalue weighted by atomic mass is 10.1.